The maximum atomic E-state index is 13.1. The fourth-order valence-corrected chi connectivity index (χ4v) is 6.03. The Balaban J connectivity index is 0.00000120. The molecule has 2 aromatic rings. The molecule has 0 radical (unpaired) electrons. The Kier molecular flexibility index (Phi) is 7.65. The lowest BCUT2D eigenvalue weighted by Gasteiger charge is -2.34. The molecule has 1 N–H and O–H groups in total. The number of nitrogens with one attached hydrogen (secondary N) is 1. The molecule has 5 rings (SSSR count). The summed E-state index contributed by atoms with van der Waals surface area (Å²) in [5, 5.41) is 4.62. The zero-order chi connectivity index (χ0) is 18.2. The Bertz CT molecular complexity index is 777. The Hall–Kier alpha value is -1.08. The third-order valence-electron chi connectivity index (χ3n) is 6.73. The SMILES string of the molecule is Cl.Cl.O=C(C1CCN(c2nc3ccccc3s2)CC1)N1CC[C@@H]2CNC[C@@H]2CC1. The number of thiazole rings is 1. The van der Waals surface area contributed by atoms with Crippen LogP contribution >= 0.6 is 36.2 Å². The van der Waals surface area contributed by atoms with Crippen LogP contribution in [0.5, 0.6) is 0 Å². The molecule has 0 spiro atoms. The fraction of sp³-hybridized carbons (Fsp3) is 0.619. The first-order valence-electron chi connectivity index (χ1n) is 10.4. The van der Waals surface area contributed by atoms with Crippen molar-refractivity contribution in [3.8, 4) is 0 Å². The van der Waals surface area contributed by atoms with Gasteiger partial charge in [-0.25, -0.2) is 4.98 Å². The van der Waals surface area contributed by atoms with E-state index in [9.17, 15) is 4.79 Å². The second kappa shape index (κ2) is 9.82. The van der Waals surface area contributed by atoms with Crippen molar-refractivity contribution in [2.45, 2.75) is 25.7 Å². The van der Waals surface area contributed by atoms with E-state index in [4.69, 9.17) is 4.98 Å². The molecule has 4 heterocycles. The Morgan fingerprint density at radius 1 is 0.966 bits per heavy atom. The van der Waals surface area contributed by atoms with Crippen LogP contribution < -0.4 is 10.2 Å². The molecule has 3 aliphatic heterocycles. The number of para-hydroxylation sites is 1. The third-order valence-corrected chi connectivity index (χ3v) is 7.83. The first-order chi connectivity index (χ1) is 13.3. The molecule has 8 heteroatoms. The summed E-state index contributed by atoms with van der Waals surface area (Å²) in [5.41, 5.74) is 1.08. The predicted octanol–water partition coefficient (Wildman–Crippen LogP) is 3.81. The Labute approximate surface area is 189 Å². The molecule has 5 nitrogen and oxygen atoms in total. The van der Waals surface area contributed by atoms with Crippen molar-refractivity contribution in [3.05, 3.63) is 24.3 Å². The van der Waals surface area contributed by atoms with Gasteiger partial charge in [0.2, 0.25) is 5.91 Å². The largest absolute Gasteiger partial charge is 0.348 e. The molecule has 0 aliphatic carbocycles. The number of anilines is 1. The zero-order valence-electron chi connectivity index (χ0n) is 16.6. The molecule has 1 aromatic carbocycles. The number of carbonyl (C=O) groups is 1. The van der Waals surface area contributed by atoms with Crippen LogP contribution in [0.4, 0.5) is 5.13 Å². The number of likely N-dealkylation sites (tertiary alicyclic amines) is 1. The first-order valence-corrected chi connectivity index (χ1v) is 11.2. The average Bonchev–Trinajstić information content (AvgIpc) is 3.30. The number of piperidine rings is 1. The van der Waals surface area contributed by atoms with E-state index < -0.39 is 0 Å². The highest BCUT2D eigenvalue weighted by Gasteiger charge is 2.34. The van der Waals surface area contributed by atoms with Gasteiger partial charge in [-0.3, -0.25) is 4.79 Å². The van der Waals surface area contributed by atoms with Crippen LogP contribution in [0, 0.1) is 17.8 Å². The molecule has 3 fully saturated rings. The molecule has 1 amide bonds. The van der Waals surface area contributed by atoms with Gasteiger partial charge in [-0.15, -0.1) is 24.8 Å². The number of hydrogen-bond acceptors (Lipinski definition) is 5. The lowest BCUT2D eigenvalue weighted by molar-refractivity contribution is -0.136. The van der Waals surface area contributed by atoms with Crippen molar-refractivity contribution in [3.63, 3.8) is 0 Å². The van der Waals surface area contributed by atoms with Crippen molar-refractivity contribution in [2.75, 3.05) is 44.2 Å². The number of fused-ring (bicyclic) bond motifs is 2. The van der Waals surface area contributed by atoms with Gasteiger partial charge in [0.05, 0.1) is 10.2 Å². The summed E-state index contributed by atoms with van der Waals surface area (Å²) in [4.78, 5) is 22.4. The van der Waals surface area contributed by atoms with Gasteiger partial charge in [-0.1, -0.05) is 23.5 Å². The Morgan fingerprint density at radius 2 is 1.62 bits per heavy atom. The summed E-state index contributed by atoms with van der Waals surface area (Å²) < 4.78 is 1.25. The molecule has 3 saturated heterocycles. The van der Waals surface area contributed by atoms with Crippen LogP contribution in [0.25, 0.3) is 10.2 Å². The molecule has 0 saturated carbocycles. The van der Waals surface area contributed by atoms with E-state index >= 15 is 0 Å². The summed E-state index contributed by atoms with van der Waals surface area (Å²) in [6.45, 7) is 6.10. The average molecular weight is 457 g/mol. The highest BCUT2D eigenvalue weighted by Crippen LogP contribution is 2.33. The van der Waals surface area contributed by atoms with Gasteiger partial charge >= 0.3 is 0 Å². The van der Waals surface area contributed by atoms with Gasteiger partial charge in [-0.2, -0.15) is 0 Å². The van der Waals surface area contributed by atoms with Gasteiger partial charge in [0.15, 0.2) is 5.13 Å². The summed E-state index contributed by atoms with van der Waals surface area (Å²) in [7, 11) is 0. The predicted molar refractivity (Wildman–Crippen MR) is 125 cm³/mol. The topological polar surface area (TPSA) is 48.5 Å². The Morgan fingerprint density at radius 3 is 2.28 bits per heavy atom. The second-order valence-corrected chi connectivity index (χ2v) is 9.32. The van der Waals surface area contributed by atoms with E-state index in [0.29, 0.717) is 5.91 Å². The number of benzene rings is 1. The number of halogens is 2. The van der Waals surface area contributed by atoms with Crippen molar-refractivity contribution < 1.29 is 4.79 Å². The monoisotopic (exact) mass is 456 g/mol. The maximum absolute atomic E-state index is 13.1. The summed E-state index contributed by atoms with van der Waals surface area (Å²) in [5.74, 6) is 2.17. The lowest BCUT2D eigenvalue weighted by atomic mass is 9.92. The van der Waals surface area contributed by atoms with Crippen LogP contribution in [-0.2, 0) is 4.79 Å². The van der Waals surface area contributed by atoms with Gasteiger partial charge in [-0.05, 0) is 62.7 Å². The van der Waals surface area contributed by atoms with E-state index in [1.54, 1.807) is 11.3 Å². The van der Waals surface area contributed by atoms with Crippen LogP contribution in [0.1, 0.15) is 25.7 Å². The summed E-state index contributed by atoms with van der Waals surface area (Å²) >= 11 is 1.77. The number of carbonyl (C=O) groups excluding carboxylic acids is 1. The maximum Gasteiger partial charge on any atom is 0.225 e. The van der Waals surface area contributed by atoms with E-state index in [0.717, 1.165) is 74.6 Å². The van der Waals surface area contributed by atoms with E-state index in [-0.39, 0.29) is 30.7 Å². The molecule has 3 aliphatic rings. The number of amides is 1. The minimum Gasteiger partial charge on any atom is -0.348 e. The van der Waals surface area contributed by atoms with Crippen molar-refractivity contribution in [1.29, 1.82) is 0 Å². The fourth-order valence-electron chi connectivity index (χ4n) is 5.01. The lowest BCUT2D eigenvalue weighted by Crippen LogP contribution is -2.43. The van der Waals surface area contributed by atoms with Gasteiger partial charge < -0.3 is 15.1 Å². The van der Waals surface area contributed by atoms with E-state index in [1.807, 2.05) is 6.07 Å². The van der Waals surface area contributed by atoms with Crippen LogP contribution in [0.15, 0.2) is 24.3 Å². The molecule has 0 unspecified atom stereocenters. The summed E-state index contributed by atoms with van der Waals surface area (Å²) in [6, 6.07) is 8.33. The van der Waals surface area contributed by atoms with Gasteiger partial charge in [0.25, 0.3) is 0 Å². The highest BCUT2D eigenvalue weighted by atomic mass is 35.5. The van der Waals surface area contributed by atoms with Crippen LogP contribution in [0.2, 0.25) is 0 Å². The van der Waals surface area contributed by atoms with E-state index in [2.05, 4.69) is 33.3 Å². The molecule has 0 bridgehead atoms. The number of rotatable bonds is 2. The molecule has 2 atom stereocenters. The number of nitrogens with zero attached hydrogens (tertiary/aromatic N) is 3. The van der Waals surface area contributed by atoms with Crippen LogP contribution in [-0.4, -0.2) is 55.1 Å². The van der Waals surface area contributed by atoms with E-state index in [1.165, 1.54) is 17.5 Å². The standard InChI is InChI=1S/C21H28N4OS.2ClH/c26-20(24-9-7-16-13-22-14-17(16)8-10-24)15-5-11-25(12-6-15)21-23-18-3-1-2-4-19(18)27-21;;/h1-4,15-17,22H,5-14H2;2*1H/t16-,17+;;. The molecule has 1 aromatic heterocycles. The van der Waals surface area contributed by atoms with Crippen molar-refractivity contribution in [1.82, 2.24) is 15.2 Å². The minimum atomic E-state index is 0. The van der Waals surface area contributed by atoms with Crippen LogP contribution in [0.3, 0.4) is 0 Å². The first kappa shape index (κ1) is 22.6. The molecular weight excluding hydrogens is 427 g/mol. The quantitative estimate of drug-likeness (QED) is 0.745. The summed E-state index contributed by atoms with van der Waals surface area (Å²) in [6.07, 6.45) is 4.27. The molecule has 29 heavy (non-hydrogen) atoms. The van der Waals surface area contributed by atoms with Gasteiger partial charge in [0, 0.05) is 32.1 Å². The second-order valence-electron chi connectivity index (χ2n) is 8.31. The molecular formula is C21H30Cl2N4OS. The number of hydrogen-bond donors (Lipinski definition) is 1. The zero-order valence-corrected chi connectivity index (χ0v) is 19.0. The highest BCUT2D eigenvalue weighted by molar-refractivity contribution is 7.22. The number of aromatic nitrogens is 1. The van der Waals surface area contributed by atoms with Gasteiger partial charge in [0.1, 0.15) is 0 Å². The minimum absolute atomic E-state index is 0. The van der Waals surface area contributed by atoms with Crippen molar-refractivity contribution >= 4 is 57.4 Å². The smallest absolute Gasteiger partial charge is 0.225 e. The van der Waals surface area contributed by atoms with Crippen molar-refractivity contribution in [2.24, 2.45) is 17.8 Å². The third kappa shape index (κ3) is 4.66. The molecule has 160 valence electrons. The normalized spacial score (nSPS) is 25.1.